The predicted molar refractivity (Wildman–Crippen MR) is 65.1 cm³/mol. The van der Waals surface area contributed by atoms with Gasteiger partial charge in [-0.05, 0) is 19.8 Å². The van der Waals surface area contributed by atoms with Crippen molar-refractivity contribution < 1.29 is 9.32 Å². The largest absolute Gasteiger partial charge is 0.361 e. The van der Waals surface area contributed by atoms with Crippen LogP contribution in [0.2, 0.25) is 0 Å². The van der Waals surface area contributed by atoms with Gasteiger partial charge in [-0.15, -0.1) is 0 Å². The van der Waals surface area contributed by atoms with E-state index in [1.165, 1.54) is 0 Å². The minimum absolute atomic E-state index is 0.0752. The van der Waals surface area contributed by atoms with Crippen molar-refractivity contribution in [2.45, 2.75) is 46.0 Å². The molecule has 0 aromatic carbocycles. The maximum absolute atomic E-state index is 12.4. The molecule has 1 aliphatic heterocycles. The monoisotopic (exact) mass is 236 g/mol. The standard InChI is InChI=1S/C13H20N2O2/c1-9-10(11(14-17-9)13(2,3)4)12(16)15-7-5-6-8-15/h5-8H2,1-4H3. The Morgan fingerprint density at radius 1 is 1.29 bits per heavy atom. The van der Waals surface area contributed by atoms with E-state index in [0.29, 0.717) is 11.3 Å². The van der Waals surface area contributed by atoms with Crippen molar-refractivity contribution in [3.05, 3.63) is 17.0 Å². The highest BCUT2D eigenvalue weighted by atomic mass is 16.5. The Balaban J connectivity index is 2.37. The van der Waals surface area contributed by atoms with Crippen molar-refractivity contribution in [3.8, 4) is 0 Å². The van der Waals surface area contributed by atoms with Gasteiger partial charge in [-0.2, -0.15) is 0 Å². The summed E-state index contributed by atoms with van der Waals surface area (Å²) in [6.07, 6.45) is 2.20. The number of rotatable bonds is 1. The van der Waals surface area contributed by atoms with Crippen LogP contribution < -0.4 is 0 Å². The molecule has 1 fully saturated rings. The maximum Gasteiger partial charge on any atom is 0.259 e. The van der Waals surface area contributed by atoms with Gasteiger partial charge in [0.15, 0.2) is 0 Å². The van der Waals surface area contributed by atoms with Crippen LogP contribution in [0.5, 0.6) is 0 Å². The molecular weight excluding hydrogens is 216 g/mol. The zero-order chi connectivity index (χ0) is 12.6. The molecule has 0 spiro atoms. The first kappa shape index (κ1) is 12.1. The van der Waals surface area contributed by atoms with Crippen LogP contribution in [0.15, 0.2) is 4.52 Å². The molecule has 1 saturated heterocycles. The number of aryl methyl sites for hydroxylation is 1. The highest BCUT2D eigenvalue weighted by Crippen LogP contribution is 2.28. The van der Waals surface area contributed by atoms with E-state index in [9.17, 15) is 4.79 Å². The lowest BCUT2D eigenvalue weighted by Crippen LogP contribution is -2.30. The first-order valence-electron chi connectivity index (χ1n) is 6.17. The van der Waals surface area contributed by atoms with Crippen molar-refractivity contribution in [1.29, 1.82) is 0 Å². The van der Waals surface area contributed by atoms with E-state index in [0.717, 1.165) is 31.6 Å². The zero-order valence-corrected chi connectivity index (χ0v) is 11.0. The minimum Gasteiger partial charge on any atom is -0.361 e. The maximum atomic E-state index is 12.4. The summed E-state index contributed by atoms with van der Waals surface area (Å²) in [4.78, 5) is 14.3. The van der Waals surface area contributed by atoms with Gasteiger partial charge in [-0.1, -0.05) is 25.9 Å². The highest BCUT2D eigenvalue weighted by molar-refractivity contribution is 5.96. The smallest absolute Gasteiger partial charge is 0.259 e. The number of nitrogens with zero attached hydrogens (tertiary/aromatic N) is 2. The molecule has 4 heteroatoms. The first-order chi connectivity index (χ1) is 7.91. The van der Waals surface area contributed by atoms with Crippen molar-refractivity contribution in [2.24, 2.45) is 0 Å². The Morgan fingerprint density at radius 3 is 2.41 bits per heavy atom. The van der Waals surface area contributed by atoms with E-state index in [1.807, 2.05) is 32.6 Å². The lowest BCUT2D eigenvalue weighted by molar-refractivity contribution is 0.0789. The number of carbonyl (C=O) groups is 1. The Morgan fingerprint density at radius 2 is 1.88 bits per heavy atom. The molecular formula is C13H20N2O2. The summed E-state index contributed by atoms with van der Waals surface area (Å²) in [5.74, 6) is 0.706. The van der Waals surface area contributed by atoms with E-state index in [-0.39, 0.29) is 11.3 Å². The van der Waals surface area contributed by atoms with Gasteiger partial charge in [0.25, 0.3) is 5.91 Å². The number of amides is 1. The van der Waals surface area contributed by atoms with Crippen molar-refractivity contribution in [2.75, 3.05) is 13.1 Å². The second-order valence-electron chi connectivity index (χ2n) is 5.71. The topological polar surface area (TPSA) is 46.3 Å². The van der Waals surface area contributed by atoms with E-state index in [1.54, 1.807) is 0 Å². The Labute approximate surface area is 102 Å². The predicted octanol–water partition coefficient (Wildman–Crippen LogP) is 2.52. The number of aromatic nitrogens is 1. The summed E-state index contributed by atoms with van der Waals surface area (Å²) in [6, 6.07) is 0. The fraction of sp³-hybridized carbons (Fsp3) is 0.692. The Bertz CT molecular complexity index is 423. The van der Waals surface area contributed by atoms with Gasteiger partial charge >= 0.3 is 0 Å². The lowest BCUT2D eigenvalue weighted by atomic mass is 9.88. The fourth-order valence-electron chi connectivity index (χ4n) is 2.21. The van der Waals surface area contributed by atoms with Crippen LogP contribution in [0.3, 0.4) is 0 Å². The Hall–Kier alpha value is -1.32. The van der Waals surface area contributed by atoms with Crippen LogP contribution in [0, 0.1) is 6.92 Å². The van der Waals surface area contributed by atoms with Crippen molar-refractivity contribution >= 4 is 5.91 Å². The number of hydrogen-bond donors (Lipinski definition) is 0. The molecule has 1 aliphatic rings. The average molecular weight is 236 g/mol. The van der Waals surface area contributed by atoms with E-state index in [2.05, 4.69) is 5.16 Å². The molecule has 4 nitrogen and oxygen atoms in total. The van der Waals surface area contributed by atoms with E-state index in [4.69, 9.17) is 4.52 Å². The van der Waals surface area contributed by atoms with Crippen LogP contribution in [-0.2, 0) is 5.41 Å². The summed E-state index contributed by atoms with van der Waals surface area (Å²) >= 11 is 0. The summed E-state index contributed by atoms with van der Waals surface area (Å²) in [5, 5.41) is 4.06. The third-order valence-electron chi connectivity index (χ3n) is 3.18. The minimum atomic E-state index is -0.164. The number of hydrogen-bond acceptors (Lipinski definition) is 3. The molecule has 0 aliphatic carbocycles. The molecule has 2 rings (SSSR count). The van der Waals surface area contributed by atoms with Crippen LogP contribution in [0.4, 0.5) is 0 Å². The van der Waals surface area contributed by atoms with Crippen molar-refractivity contribution in [3.63, 3.8) is 0 Å². The summed E-state index contributed by atoms with van der Waals surface area (Å²) in [7, 11) is 0. The lowest BCUT2D eigenvalue weighted by Gasteiger charge is -2.20. The van der Waals surface area contributed by atoms with Crippen molar-refractivity contribution in [1.82, 2.24) is 10.1 Å². The van der Waals surface area contributed by atoms with Gasteiger partial charge in [0.1, 0.15) is 17.0 Å². The van der Waals surface area contributed by atoms with Gasteiger partial charge in [0.2, 0.25) is 0 Å². The molecule has 0 atom stereocenters. The molecule has 0 N–H and O–H groups in total. The summed E-state index contributed by atoms with van der Waals surface area (Å²) < 4.78 is 5.21. The van der Waals surface area contributed by atoms with Crippen LogP contribution >= 0.6 is 0 Å². The normalized spacial score (nSPS) is 16.6. The summed E-state index contributed by atoms with van der Waals surface area (Å²) in [5.41, 5.74) is 1.27. The summed E-state index contributed by atoms with van der Waals surface area (Å²) in [6.45, 7) is 9.66. The number of likely N-dealkylation sites (tertiary alicyclic amines) is 1. The van der Waals surface area contributed by atoms with Gasteiger partial charge < -0.3 is 9.42 Å². The zero-order valence-electron chi connectivity index (χ0n) is 11.0. The van der Waals surface area contributed by atoms with Crippen LogP contribution in [0.1, 0.15) is 55.4 Å². The van der Waals surface area contributed by atoms with Gasteiger partial charge in [-0.3, -0.25) is 4.79 Å². The molecule has 0 bridgehead atoms. The Kier molecular flexibility index (Phi) is 2.98. The molecule has 2 heterocycles. The first-order valence-corrected chi connectivity index (χ1v) is 6.17. The third kappa shape index (κ3) is 2.21. The molecule has 0 unspecified atom stereocenters. The van der Waals surface area contributed by atoms with E-state index < -0.39 is 0 Å². The molecule has 1 aromatic heterocycles. The molecule has 1 aromatic rings. The molecule has 17 heavy (non-hydrogen) atoms. The van der Waals surface area contributed by atoms with Gasteiger partial charge in [-0.25, -0.2) is 0 Å². The van der Waals surface area contributed by atoms with Gasteiger partial charge in [0, 0.05) is 18.5 Å². The molecule has 94 valence electrons. The second kappa shape index (κ2) is 4.17. The van der Waals surface area contributed by atoms with Crippen LogP contribution in [-0.4, -0.2) is 29.1 Å². The average Bonchev–Trinajstić information content (AvgIpc) is 2.83. The van der Waals surface area contributed by atoms with Gasteiger partial charge in [0.05, 0.1) is 0 Å². The SMILES string of the molecule is Cc1onc(C(C)(C)C)c1C(=O)N1CCCC1. The quantitative estimate of drug-likeness (QED) is 0.752. The number of carbonyl (C=O) groups excluding carboxylic acids is 1. The van der Waals surface area contributed by atoms with Crippen LogP contribution in [0.25, 0.3) is 0 Å². The second-order valence-corrected chi connectivity index (χ2v) is 5.71. The molecule has 0 saturated carbocycles. The highest BCUT2D eigenvalue weighted by Gasteiger charge is 2.32. The molecule has 1 amide bonds. The molecule has 0 radical (unpaired) electrons. The third-order valence-corrected chi connectivity index (χ3v) is 3.18. The fourth-order valence-corrected chi connectivity index (χ4v) is 2.21. The van der Waals surface area contributed by atoms with E-state index >= 15 is 0 Å².